The molecule has 0 unspecified atom stereocenters. The van der Waals surface area contributed by atoms with Gasteiger partial charge in [0.15, 0.2) is 5.13 Å². The number of carbonyl (C=O) groups excluding carboxylic acids is 1. The first-order valence-corrected chi connectivity index (χ1v) is 10.1. The molecule has 1 aromatic carbocycles. The summed E-state index contributed by atoms with van der Waals surface area (Å²) >= 11 is 1.60. The fourth-order valence-corrected chi connectivity index (χ4v) is 4.67. The van der Waals surface area contributed by atoms with Gasteiger partial charge in [0, 0.05) is 12.1 Å². The second-order valence-corrected chi connectivity index (χ2v) is 8.06. The molecular weight excluding hydrogens is 342 g/mol. The molecule has 0 atom stereocenters. The molecule has 5 heteroatoms. The summed E-state index contributed by atoms with van der Waals surface area (Å²) in [5, 5.41) is 0.784. The van der Waals surface area contributed by atoms with Crippen LogP contribution in [0.1, 0.15) is 43.4 Å². The third-order valence-electron chi connectivity index (χ3n) is 5.03. The zero-order valence-electron chi connectivity index (χ0n) is 15.0. The van der Waals surface area contributed by atoms with Gasteiger partial charge in [0.05, 0.1) is 22.5 Å². The highest BCUT2D eigenvalue weighted by Crippen LogP contribution is 2.33. The first-order chi connectivity index (χ1) is 12.7. The first-order valence-electron chi connectivity index (χ1n) is 9.29. The predicted octanol–water partition coefficient (Wildman–Crippen LogP) is 5.11. The van der Waals surface area contributed by atoms with Crippen LogP contribution >= 0.6 is 11.3 Å². The van der Waals surface area contributed by atoms with Crippen molar-refractivity contribution in [2.24, 2.45) is 5.92 Å². The summed E-state index contributed by atoms with van der Waals surface area (Å²) in [5.41, 5.74) is 3.06. The number of hydrogen-bond donors (Lipinski definition) is 0. The van der Waals surface area contributed by atoms with E-state index in [1.807, 2.05) is 29.2 Å². The number of aryl methyl sites for hydroxylation is 1. The van der Waals surface area contributed by atoms with Crippen molar-refractivity contribution in [3.05, 3.63) is 53.9 Å². The van der Waals surface area contributed by atoms with E-state index in [2.05, 4.69) is 24.0 Å². The molecule has 0 N–H and O–H groups in total. The maximum absolute atomic E-state index is 13.3. The number of thiazole rings is 1. The molecule has 2 aromatic heterocycles. The van der Waals surface area contributed by atoms with Crippen LogP contribution in [0.4, 0.5) is 5.13 Å². The van der Waals surface area contributed by atoms with Gasteiger partial charge < -0.3 is 0 Å². The van der Waals surface area contributed by atoms with Crippen LogP contribution in [0.3, 0.4) is 0 Å². The molecule has 2 heterocycles. The summed E-state index contributed by atoms with van der Waals surface area (Å²) in [7, 11) is 0. The van der Waals surface area contributed by atoms with Crippen molar-refractivity contribution >= 4 is 32.6 Å². The molecule has 3 aromatic rings. The Morgan fingerprint density at radius 2 is 2.04 bits per heavy atom. The van der Waals surface area contributed by atoms with E-state index < -0.39 is 0 Å². The summed E-state index contributed by atoms with van der Waals surface area (Å²) in [4.78, 5) is 24.4. The molecule has 4 rings (SSSR count). The molecule has 0 spiro atoms. The Kier molecular flexibility index (Phi) is 4.98. The highest BCUT2D eigenvalue weighted by molar-refractivity contribution is 7.22. The molecule has 134 valence electrons. The largest absolute Gasteiger partial charge is 0.282 e. The number of carbonyl (C=O) groups is 1. The van der Waals surface area contributed by atoms with Crippen molar-refractivity contribution in [1.82, 2.24) is 9.97 Å². The first kappa shape index (κ1) is 17.2. The van der Waals surface area contributed by atoms with Gasteiger partial charge in [-0.1, -0.05) is 42.7 Å². The quantitative estimate of drug-likeness (QED) is 0.645. The number of fused-ring (bicyclic) bond motifs is 1. The summed E-state index contributed by atoms with van der Waals surface area (Å²) in [6, 6.07) is 12.1. The van der Waals surface area contributed by atoms with Gasteiger partial charge in [0.2, 0.25) is 5.91 Å². The second kappa shape index (κ2) is 7.54. The number of rotatable bonds is 4. The summed E-state index contributed by atoms with van der Waals surface area (Å²) in [5.74, 6) is 0.312. The van der Waals surface area contributed by atoms with Gasteiger partial charge in [0.25, 0.3) is 0 Å². The Labute approximate surface area is 157 Å². The Bertz CT molecular complexity index is 900. The van der Waals surface area contributed by atoms with Crippen LogP contribution < -0.4 is 4.90 Å². The smallest absolute Gasteiger partial charge is 0.232 e. The maximum atomic E-state index is 13.3. The lowest BCUT2D eigenvalue weighted by Crippen LogP contribution is -2.36. The average molecular weight is 366 g/mol. The van der Waals surface area contributed by atoms with Gasteiger partial charge in [-0.25, -0.2) is 4.98 Å². The van der Waals surface area contributed by atoms with E-state index in [0.717, 1.165) is 46.7 Å². The van der Waals surface area contributed by atoms with Gasteiger partial charge in [-0.05, 0) is 49.6 Å². The van der Waals surface area contributed by atoms with Crippen molar-refractivity contribution < 1.29 is 4.79 Å². The third kappa shape index (κ3) is 3.63. The standard InChI is InChI=1S/C21H23N3OS/c1-15-10-11-18-19(13-15)26-21(23-18)24(14-17-9-5-6-12-22-17)20(25)16-7-3-2-4-8-16/h5-6,9-13,16H,2-4,7-8,14H2,1H3. The average Bonchev–Trinajstić information content (AvgIpc) is 3.10. The SMILES string of the molecule is Cc1ccc2nc(N(Cc3ccccn3)C(=O)C3CCCCC3)sc2c1. The van der Waals surface area contributed by atoms with Crippen molar-refractivity contribution in [1.29, 1.82) is 0 Å². The van der Waals surface area contributed by atoms with Crippen LogP contribution in [0.15, 0.2) is 42.6 Å². The number of amides is 1. The number of anilines is 1. The Balaban J connectivity index is 1.69. The Hall–Kier alpha value is -2.27. The zero-order valence-corrected chi connectivity index (χ0v) is 15.8. The minimum atomic E-state index is 0.112. The predicted molar refractivity (Wildman–Crippen MR) is 106 cm³/mol. The number of hydrogen-bond acceptors (Lipinski definition) is 4. The van der Waals surface area contributed by atoms with Crippen LogP contribution in [0.5, 0.6) is 0 Å². The van der Waals surface area contributed by atoms with Crippen LogP contribution in [-0.4, -0.2) is 15.9 Å². The van der Waals surface area contributed by atoms with E-state index in [0.29, 0.717) is 6.54 Å². The normalized spacial score (nSPS) is 15.3. The second-order valence-electron chi connectivity index (χ2n) is 7.05. The van der Waals surface area contributed by atoms with Gasteiger partial charge >= 0.3 is 0 Å². The van der Waals surface area contributed by atoms with Crippen LogP contribution in [0.2, 0.25) is 0 Å². The van der Waals surface area contributed by atoms with Crippen LogP contribution in [-0.2, 0) is 11.3 Å². The molecule has 0 bridgehead atoms. The lowest BCUT2D eigenvalue weighted by atomic mass is 9.88. The van der Waals surface area contributed by atoms with E-state index in [-0.39, 0.29) is 11.8 Å². The Morgan fingerprint density at radius 3 is 2.81 bits per heavy atom. The maximum Gasteiger partial charge on any atom is 0.232 e. The molecule has 1 saturated carbocycles. The number of pyridine rings is 1. The van der Waals surface area contributed by atoms with E-state index in [9.17, 15) is 4.79 Å². The summed E-state index contributed by atoms with van der Waals surface area (Å²) in [6.07, 6.45) is 7.29. The van der Waals surface area contributed by atoms with Crippen molar-refractivity contribution in [2.75, 3.05) is 4.90 Å². The van der Waals surface area contributed by atoms with Crippen molar-refractivity contribution in [3.63, 3.8) is 0 Å². The molecule has 26 heavy (non-hydrogen) atoms. The summed E-state index contributed by atoms with van der Waals surface area (Å²) in [6.45, 7) is 2.56. The molecule has 1 aliphatic carbocycles. The van der Waals surface area contributed by atoms with Gasteiger partial charge in [-0.15, -0.1) is 0 Å². The topological polar surface area (TPSA) is 46.1 Å². The van der Waals surface area contributed by atoms with Crippen molar-refractivity contribution in [3.8, 4) is 0 Å². The molecule has 1 amide bonds. The molecule has 0 saturated heterocycles. The number of benzene rings is 1. The molecular formula is C21H23N3OS. The van der Waals surface area contributed by atoms with Gasteiger partial charge in [-0.3, -0.25) is 14.7 Å². The lowest BCUT2D eigenvalue weighted by Gasteiger charge is -2.27. The van der Waals surface area contributed by atoms with E-state index >= 15 is 0 Å². The van der Waals surface area contributed by atoms with Gasteiger partial charge in [-0.2, -0.15) is 0 Å². The zero-order chi connectivity index (χ0) is 17.9. The highest BCUT2D eigenvalue weighted by atomic mass is 32.1. The minimum Gasteiger partial charge on any atom is -0.282 e. The van der Waals surface area contributed by atoms with Gasteiger partial charge in [0.1, 0.15) is 0 Å². The van der Waals surface area contributed by atoms with E-state index in [1.165, 1.54) is 12.0 Å². The fourth-order valence-electron chi connectivity index (χ4n) is 3.60. The monoisotopic (exact) mass is 365 g/mol. The minimum absolute atomic E-state index is 0.112. The molecule has 4 nitrogen and oxygen atoms in total. The molecule has 1 aliphatic rings. The lowest BCUT2D eigenvalue weighted by molar-refractivity contribution is -0.123. The number of nitrogens with zero attached hydrogens (tertiary/aromatic N) is 3. The molecule has 1 fully saturated rings. The van der Waals surface area contributed by atoms with Crippen LogP contribution in [0, 0.1) is 12.8 Å². The van der Waals surface area contributed by atoms with E-state index in [4.69, 9.17) is 4.98 Å². The summed E-state index contributed by atoms with van der Waals surface area (Å²) < 4.78 is 1.13. The van der Waals surface area contributed by atoms with E-state index in [1.54, 1.807) is 17.5 Å². The fraction of sp³-hybridized carbons (Fsp3) is 0.381. The highest BCUT2D eigenvalue weighted by Gasteiger charge is 2.29. The van der Waals surface area contributed by atoms with Crippen molar-refractivity contribution in [2.45, 2.75) is 45.6 Å². The molecule has 0 radical (unpaired) electrons. The Morgan fingerprint density at radius 1 is 1.19 bits per heavy atom. The van der Waals surface area contributed by atoms with Crippen LogP contribution in [0.25, 0.3) is 10.2 Å². The number of aromatic nitrogens is 2. The third-order valence-corrected chi connectivity index (χ3v) is 6.07. The molecule has 0 aliphatic heterocycles.